The van der Waals surface area contributed by atoms with E-state index in [9.17, 15) is 9.13 Å². The highest BCUT2D eigenvalue weighted by molar-refractivity contribution is 7.62. The second kappa shape index (κ2) is 28.3. The zero-order valence-electron chi connectivity index (χ0n) is 23.4. The van der Waals surface area contributed by atoms with Gasteiger partial charge in [-0.15, -0.1) is 0 Å². The first-order valence-corrected chi connectivity index (χ1v) is 16.5. The third-order valence-corrected chi connectivity index (χ3v) is 8.18. The van der Waals surface area contributed by atoms with Crippen molar-refractivity contribution in [3.8, 4) is 23.7 Å². The molecule has 0 fully saturated rings. The fourth-order valence-electron chi connectivity index (χ4n) is 2.57. The van der Waals surface area contributed by atoms with Gasteiger partial charge in [0.25, 0.3) is 0 Å². The van der Waals surface area contributed by atoms with Gasteiger partial charge in [-0.05, 0) is 37.5 Å². The fraction of sp³-hybridized carbons (Fsp3) is 0.846. The van der Waals surface area contributed by atoms with Crippen molar-refractivity contribution in [1.29, 1.82) is 0 Å². The minimum atomic E-state index is -4.05. The number of unbranched alkanes of at least 4 members (excludes halogenated alkanes) is 8. The van der Waals surface area contributed by atoms with Gasteiger partial charge in [0.05, 0.1) is 26.4 Å². The Kier molecular flexibility index (Phi) is 29.4. The van der Waals surface area contributed by atoms with Gasteiger partial charge in [-0.3, -0.25) is 18.1 Å². The number of aliphatic hydroxyl groups excluding tert-OH is 2. The maximum Gasteiger partial charge on any atom is 0.483 e. The van der Waals surface area contributed by atoms with Crippen LogP contribution in [0.4, 0.5) is 0 Å². The van der Waals surface area contributed by atoms with Crippen molar-refractivity contribution in [2.75, 3.05) is 39.6 Å². The Morgan fingerprint density at radius 3 is 1.00 bits per heavy atom. The molecule has 0 atom stereocenters. The van der Waals surface area contributed by atoms with Gasteiger partial charge in [0.1, 0.15) is 13.2 Å². The smallest absolute Gasteiger partial charge is 0.384 e. The average molecular weight is 569 g/mol. The van der Waals surface area contributed by atoms with E-state index in [0.29, 0.717) is 0 Å². The normalized spacial score (nSPS) is 11.1. The van der Waals surface area contributed by atoms with Crippen molar-refractivity contribution in [3.05, 3.63) is 0 Å². The molecule has 9 nitrogen and oxygen atoms in total. The van der Waals surface area contributed by atoms with Crippen LogP contribution in [0.1, 0.15) is 105 Å². The molecule has 0 aromatic carbocycles. The molecule has 0 unspecified atom stereocenters. The predicted molar refractivity (Wildman–Crippen MR) is 148 cm³/mol. The van der Waals surface area contributed by atoms with Crippen molar-refractivity contribution in [1.82, 2.24) is 0 Å². The summed E-state index contributed by atoms with van der Waals surface area (Å²) in [5.74, 6) is 9.24. The summed E-state index contributed by atoms with van der Waals surface area (Å²) in [5, 5.41) is 16.1. The van der Waals surface area contributed by atoms with Gasteiger partial charge in [-0.25, -0.2) is 9.13 Å². The summed E-state index contributed by atoms with van der Waals surface area (Å²) in [6.07, 6.45) is 10.7. The summed E-state index contributed by atoms with van der Waals surface area (Å²) in [5.41, 5.74) is 0. The summed E-state index contributed by atoms with van der Waals surface area (Å²) < 4.78 is 53.4. The summed E-state index contributed by atoms with van der Waals surface area (Å²) in [4.78, 5) is 0. The van der Waals surface area contributed by atoms with Crippen LogP contribution in [0.15, 0.2) is 0 Å². The van der Waals surface area contributed by atoms with Crippen LogP contribution in [0.25, 0.3) is 0 Å². The van der Waals surface area contributed by atoms with Crippen molar-refractivity contribution in [2.45, 2.75) is 105 Å². The highest BCUT2D eigenvalue weighted by Crippen LogP contribution is 2.66. The van der Waals surface area contributed by atoms with Crippen molar-refractivity contribution in [3.63, 3.8) is 0 Å². The van der Waals surface area contributed by atoms with Crippen molar-refractivity contribution < 1.29 is 41.7 Å². The van der Waals surface area contributed by atoms with E-state index in [-0.39, 0.29) is 39.6 Å². The molecular formula is C26H50O9P2. The van der Waals surface area contributed by atoms with E-state index in [1.807, 2.05) is 0 Å². The number of aliphatic hydroxyl groups is 2. The van der Waals surface area contributed by atoms with Crippen LogP contribution in [-0.2, 0) is 31.5 Å². The lowest BCUT2D eigenvalue weighted by molar-refractivity contribution is 0.106. The Balaban J connectivity index is 0. The summed E-state index contributed by atoms with van der Waals surface area (Å²) >= 11 is 0. The topological polar surface area (TPSA) is 121 Å². The predicted octanol–water partition coefficient (Wildman–Crippen LogP) is 7.02. The zero-order chi connectivity index (χ0) is 28.1. The SMILES string of the molecule is CCCCCOP(=O)(OCCCCC)OP(=O)(OCCCCC)OCCCCC.OCC#CC#CCO. The van der Waals surface area contributed by atoms with Crippen molar-refractivity contribution >= 4 is 15.6 Å². The molecule has 0 spiro atoms. The molecule has 11 heteroatoms. The van der Waals surface area contributed by atoms with Crippen LogP contribution >= 0.6 is 15.6 Å². The zero-order valence-corrected chi connectivity index (χ0v) is 25.2. The third-order valence-electron chi connectivity index (χ3n) is 4.59. The molecule has 0 bridgehead atoms. The maximum absolute atomic E-state index is 13.1. The first-order chi connectivity index (χ1) is 17.9. The van der Waals surface area contributed by atoms with Crippen LogP contribution in [0, 0.1) is 23.7 Å². The van der Waals surface area contributed by atoms with E-state index in [1.165, 1.54) is 0 Å². The molecule has 37 heavy (non-hydrogen) atoms. The molecule has 0 saturated carbocycles. The van der Waals surface area contributed by atoms with Gasteiger partial charge in [-0.2, -0.15) is 4.31 Å². The Hall–Kier alpha value is -0.700. The Morgan fingerprint density at radius 1 is 0.514 bits per heavy atom. The van der Waals surface area contributed by atoms with Crippen LogP contribution in [-0.4, -0.2) is 49.9 Å². The second-order valence-electron chi connectivity index (χ2n) is 8.06. The highest BCUT2D eigenvalue weighted by Gasteiger charge is 2.40. The van der Waals surface area contributed by atoms with Gasteiger partial charge in [0, 0.05) is 0 Å². The van der Waals surface area contributed by atoms with E-state index in [0.717, 1.165) is 77.0 Å². The number of hydrogen-bond donors (Lipinski definition) is 2. The molecule has 218 valence electrons. The van der Waals surface area contributed by atoms with Gasteiger partial charge < -0.3 is 10.2 Å². The summed E-state index contributed by atoms with van der Waals surface area (Å²) in [6.45, 7) is 8.77. The third kappa shape index (κ3) is 26.7. The summed E-state index contributed by atoms with van der Waals surface area (Å²) in [7, 11) is -8.09. The molecular weight excluding hydrogens is 518 g/mol. The number of hydrogen-bond acceptors (Lipinski definition) is 9. The standard InChI is InChI=1S/C20H44O7P2.C6H6O2/c1-5-9-13-17-23-28(21,24-18-14-10-6-2)27-29(22,25-19-15-11-7-3)26-20-16-12-8-4;7-5-3-1-2-4-6-8/h5-20H2,1-4H3;7-8H,5-6H2. The Bertz CT molecular complexity index is 631. The molecule has 0 aromatic heterocycles. The molecule has 0 radical (unpaired) electrons. The molecule has 0 aliphatic rings. The van der Waals surface area contributed by atoms with Crippen LogP contribution in [0.2, 0.25) is 0 Å². The number of phosphoric acid groups is 2. The largest absolute Gasteiger partial charge is 0.483 e. The van der Waals surface area contributed by atoms with Crippen LogP contribution in [0.3, 0.4) is 0 Å². The molecule has 0 aliphatic carbocycles. The first-order valence-electron chi connectivity index (χ1n) is 13.5. The van der Waals surface area contributed by atoms with Gasteiger partial charge in [0.2, 0.25) is 0 Å². The molecule has 0 aliphatic heterocycles. The Morgan fingerprint density at radius 2 is 0.784 bits per heavy atom. The van der Waals surface area contributed by atoms with E-state index in [1.54, 1.807) is 0 Å². The fourth-order valence-corrected chi connectivity index (χ4v) is 5.87. The molecule has 0 amide bonds. The lowest BCUT2D eigenvalue weighted by Crippen LogP contribution is -2.07. The molecule has 0 saturated heterocycles. The van der Waals surface area contributed by atoms with E-state index in [4.69, 9.17) is 32.6 Å². The van der Waals surface area contributed by atoms with Gasteiger partial charge >= 0.3 is 15.6 Å². The van der Waals surface area contributed by atoms with Gasteiger partial charge in [-0.1, -0.05) is 90.9 Å². The van der Waals surface area contributed by atoms with E-state index in [2.05, 4.69) is 51.4 Å². The molecule has 0 rings (SSSR count). The van der Waals surface area contributed by atoms with Crippen LogP contribution in [0.5, 0.6) is 0 Å². The van der Waals surface area contributed by atoms with Crippen LogP contribution < -0.4 is 0 Å². The average Bonchev–Trinajstić information content (AvgIpc) is 2.88. The lowest BCUT2D eigenvalue weighted by atomic mass is 10.3. The minimum absolute atomic E-state index is 0.180. The second-order valence-corrected chi connectivity index (χ2v) is 11.5. The monoisotopic (exact) mass is 568 g/mol. The number of rotatable bonds is 22. The first kappa shape index (κ1) is 38.4. The quantitative estimate of drug-likeness (QED) is 0.0806. The minimum Gasteiger partial charge on any atom is -0.384 e. The Labute approximate surface area is 225 Å². The van der Waals surface area contributed by atoms with E-state index < -0.39 is 15.6 Å². The van der Waals surface area contributed by atoms with Crippen molar-refractivity contribution in [2.24, 2.45) is 0 Å². The molecule has 2 N–H and O–H groups in total. The molecule has 0 aromatic rings. The maximum atomic E-state index is 13.1. The lowest BCUT2D eigenvalue weighted by Gasteiger charge is -2.23. The summed E-state index contributed by atoms with van der Waals surface area (Å²) in [6, 6.07) is 0. The molecule has 0 heterocycles. The number of phosphoric ester groups is 2. The van der Waals surface area contributed by atoms with Gasteiger partial charge in [0.15, 0.2) is 0 Å². The van der Waals surface area contributed by atoms with E-state index >= 15 is 0 Å². The highest BCUT2D eigenvalue weighted by atomic mass is 31.3.